The molecule has 0 aliphatic rings. The Morgan fingerprint density at radius 1 is 1.23 bits per heavy atom. The minimum absolute atomic E-state index is 0.00534. The summed E-state index contributed by atoms with van der Waals surface area (Å²) >= 11 is 13.3. The lowest BCUT2D eigenvalue weighted by Gasteiger charge is -2.25. The van der Waals surface area contributed by atoms with E-state index in [1.54, 1.807) is 36.6 Å². The summed E-state index contributed by atoms with van der Waals surface area (Å²) in [6.07, 6.45) is 1.42. The fraction of sp³-hybridized carbons (Fsp3) is 0.176. The van der Waals surface area contributed by atoms with Gasteiger partial charge < -0.3 is 9.52 Å². The smallest absolute Gasteiger partial charge is 0.242 e. The minimum Gasteiger partial charge on any atom is -0.466 e. The van der Waals surface area contributed by atoms with Crippen molar-refractivity contribution >= 4 is 44.6 Å². The highest BCUT2D eigenvalue weighted by Gasteiger charge is 2.37. The van der Waals surface area contributed by atoms with E-state index in [0.717, 1.165) is 0 Å². The molecule has 26 heavy (non-hydrogen) atoms. The van der Waals surface area contributed by atoms with Crippen molar-refractivity contribution in [1.29, 1.82) is 0 Å². The summed E-state index contributed by atoms with van der Waals surface area (Å²) < 4.78 is 33.2. The van der Waals surface area contributed by atoms with E-state index in [9.17, 15) is 13.5 Å². The van der Waals surface area contributed by atoms with Crippen molar-refractivity contribution in [3.8, 4) is 0 Å². The van der Waals surface area contributed by atoms with Gasteiger partial charge in [0.15, 0.2) is 5.60 Å². The van der Waals surface area contributed by atoms with Gasteiger partial charge >= 0.3 is 0 Å². The lowest BCUT2D eigenvalue weighted by molar-refractivity contribution is 0.0655. The molecule has 0 fully saturated rings. The highest BCUT2D eigenvalue weighted by molar-refractivity contribution is 7.89. The van der Waals surface area contributed by atoms with Gasteiger partial charge in [-0.25, -0.2) is 13.1 Å². The number of sulfonamides is 1. The number of nitrogens with one attached hydrogen (secondary N) is 1. The average molecular weight is 432 g/mol. The number of hydrogen-bond acceptors (Lipinski definition) is 5. The van der Waals surface area contributed by atoms with Crippen LogP contribution in [0.2, 0.25) is 10.0 Å². The first kappa shape index (κ1) is 19.4. The van der Waals surface area contributed by atoms with Crippen LogP contribution in [0.5, 0.6) is 0 Å². The first-order valence-corrected chi connectivity index (χ1v) is 10.6. The van der Waals surface area contributed by atoms with Gasteiger partial charge in [0.25, 0.3) is 0 Å². The van der Waals surface area contributed by atoms with Crippen LogP contribution >= 0.6 is 34.5 Å². The molecular formula is C17H15Cl2NO4S2. The lowest BCUT2D eigenvalue weighted by atomic mass is 9.99. The van der Waals surface area contributed by atoms with Gasteiger partial charge in [0.05, 0.1) is 17.8 Å². The third kappa shape index (κ3) is 3.69. The highest BCUT2D eigenvalue weighted by atomic mass is 35.5. The molecule has 1 unspecified atom stereocenters. The van der Waals surface area contributed by atoms with Gasteiger partial charge in [0.1, 0.15) is 10.7 Å². The fourth-order valence-electron chi connectivity index (χ4n) is 2.44. The highest BCUT2D eigenvalue weighted by Crippen LogP contribution is 2.34. The standard InChI is InChI=1S/C17H15Cl2NO4S2/c1-11-8-14(13(19)9-12(11)18)26(22,23)20-10-17(21,15-4-2-6-24-15)16-5-3-7-25-16/h2-9,20-21H,10H2,1H3. The molecule has 2 aromatic heterocycles. The van der Waals surface area contributed by atoms with Crippen molar-refractivity contribution in [2.24, 2.45) is 0 Å². The Morgan fingerprint density at radius 3 is 2.62 bits per heavy atom. The van der Waals surface area contributed by atoms with Crippen LogP contribution in [0, 0.1) is 6.92 Å². The Bertz CT molecular complexity index is 966. The molecule has 0 bridgehead atoms. The number of aliphatic hydroxyl groups is 1. The van der Waals surface area contributed by atoms with E-state index in [2.05, 4.69) is 4.72 Å². The molecular weight excluding hydrogens is 417 g/mol. The quantitative estimate of drug-likeness (QED) is 0.613. The molecule has 0 saturated carbocycles. The van der Waals surface area contributed by atoms with E-state index in [-0.39, 0.29) is 22.2 Å². The van der Waals surface area contributed by atoms with Crippen LogP contribution in [0.25, 0.3) is 0 Å². The van der Waals surface area contributed by atoms with Crippen LogP contribution in [-0.2, 0) is 15.6 Å². The largest absolute Gasteiger partial charge is 0.466 e. The zero-order valence-electron chi connectivity index (χ0n) is 13.6. The van der Waals surface area contributed by atoms with Crippen molar-refractivity contribution in [3.63, 3.8) is 0 Å². The zero-order chi connectivity index (χ0) is 18.9. The molecule has 3 aromatic rings. The van der Waals surface area contributed by atoms with Gasteiger partial charge in [-0.15, -0.1) is 11.3 Å². The fourth-order valence-corrected chi connectivity index (χ4v) is 5.16. The molecule has 1 atom stereocenters. The molecule has 0 aliphatic carbocycles. The summed E-state index contributed by atoms with van der Waals surface area (Å²) in [5.41, 5.74) is -1.06. The Morgan fingerprint density at radius 2 is 2.00 bits per heavy atom. The minimum atomic E-state index is -3.98. The molecule has 0 radical (unpaired) electrons. The monoisotopic (exact) mass is 431 g/mol. The molecule has 138 valence electrons. The van der Waals surface area contributed by atoms with Crippen LogP contribution < -0.4 is 4.72 Å². The Hall–Kier alpha value is -1.35. The SMILES string of the molecule is Cc1cc(S(=O)(=O)NCC(O)(c2ccco2)c2cccs2)c(Cl)cc1Cl. The third-order valence-electron chi connectivity index (χ3n) is 3.88. The van der Waals surface area contributed by atoms with Crippen LogP contribution in [0.3, 0.4) is 0 Å². The first-order valence-electron chi connectivity index (χ1n) is 7.50. The number of benzene rings is 1. The number of aryl methyl sites for hydroxylation is 1. The summed E-state index contributed by atoms with van der Waals surface area (Å²) in [6, 6.07) is 9.47. The second kappa shape index (κ2) is 7.34. The molecule has 0 saturated heterocycles. The molecule has 0 amide bonds. The third-order valence-corrected chi connectivity index (χ3v) is 7.17. The first-order chi connectivity index (χ1) is 12.2. The summed E-state index contributed by atoms with van der Waals surface area (Å²) in [5.74, 6) is 0.237. The maximum absolute atomic E-state index is 12.7. The van der Waals surface area contributed by atoms with Crippen molar-refractivity contribution in [1.82, 2.24) is 4.72 Å². The van der Waals surface area contributed by atoms with Gasteiger partial charge in [-0.05, 0) is 48.2 Å². The van der Waals surface area contributed by atoms with Crippen molar-refractivity contribution in [2.75, 3.05) is 6.54 Å². The van der Waals surface area contributed by atoms with E-state index >= 15 is 0 Å². The zero-order valence-corrected chi connectivity index (χ0v) is 16.7. The van der Waals surface area contributed by atoms with Crippen LogP contribution in [-0.4, -0.2) is 20.1 Å². The Labute approximate surface area is 165 Å². The number of hydrogen-bond donors (Lipinski definition) is 2. The van der Waals surface area contributed by atoms with Gasteiger partial charge in [-0.3, -0.25) is 0 Å². The molecule has 9 heteroatoms. The predicted octanol–water partition coefficient (Wildman–Crippen LogP) is 4.17. The maximum Gasteiger partial charge on any atom is 0.242 e. The van der Waals surface area contributed by atoms with E-state index in [1.165, 1.54) is 29.7 Å². The van der Waals surface area contributed by atoms with Crippen LogP contribution in [0.15, 0.2) is 57.4 Å². The average Bonchev–Trinajstić information content (AvgIpc) is 3.29. The summed E-state index contributed by atoms with van der Waals surface area (Å²) in [5, 5.41) is 13.3. The van der Waals surface area contributed by atoms with E-state index < -0.39 is 15.6 Å². The lowest BCUT2D eigenvalue weighted by Crippen LogP contribution is -2.41. The van der Waals surface area contributed by atoms with Gasteiger partial charge in [0.2, 0.25) is 10.0 Å². The maximum atomic E-state index is 12.7. The molecule has 1 aromatic carbocycles. The van der Waals surface area contributed by atoms with E-state index in [4.69, 9.17) is 27.6 Å². The second-order valence-corrected chi connectivity index (χ2v) is 9.17. The molecule has 2 N–H and O–H groups in total. The van der Waals surface area contributed by atoms with Gasteiger partial charge in [0, 0.05) is 9.90 Å². The second-order valence-electron chi connectivity index (χ2n) is 5.67. The normalized spacial score (nSPS) is 14.3. The summed E-state index contributed by atoms with van der Waals surface area (Å²) in [6.45, 7) is 1.36. The van der Waals surface area contributed by atoms with Crippen LogP contribution in [0.1, 0.15) is 16.2 Å². The number of thiophene rings is 1. The molecule has 0 aliphatic heterocycles. The topological polar surface area (TPSA) is 79.5 Å². The van der Waals surface area contributed by atoms with Crippen molar-refractivity contribution < 1.29 is 17.9 Å². The number of furan rings is 1. The molecule has 5 nitrogen and oxygen atoms in total. The molecule has 3 rings (SSSR count). The number of halogens is 2. The Kier molecular flexibility index (Phi) is 5.48. The van der Waals surface area contributed by atoms with Crippen LogP contribution in [0.4, 0.5) is 0 Å². The number of rotatable bonds is 6. The predicted molar refractivity (Wildman–Crippen MR) is 102 cm³/mol. The van der Waals surface area contributed by atoms with Gasteiger partial charge in [-0.2, -0.15) is 0 Å². The molecule has 0 spiro atoms. The van der Waals surface area contributed by atoms with Gasteiger partial charge in [-0.1, -0.05) is 29.3 Å². The van der Waals surface area contributed by atoms with Crippen molar-refractivity contribution in [2.45, 2.75) is 17.4 Å². The van der Waals surface area contributed by atoms with Crippen molar-refractivity contribution in [3.05, 3.63) is 74.3 Å². The Balaban J connectivity index is 1.94. The summed E-state index contributed by atoms with van der Waals surface area (Å²) in [4.78, 5) is 0.447. The van der Waals surface area contributed by atoms with E-state index in [1.807, 2.05) is 0 Å². The summed E-state index contributed by atoms with van der Waals surface area (Å²) in [7, 11) is -3.98. The van der Waals surface area contributed by atoms with E-state index in [0.29, 0.717) is 15.5 Å². The molecule has 2 heterocycles.